The molecule has 1 aromatic rings. The lowest BCUT2D eigenvalue weighted by Crippen LogP contribution is -2.44. The number of nitrogens with two attached hydrogens (primary N) is 1. The third-order valence-electron chi connectivity index (χ3n) is 2.00. The zero-order valence-electron chi connectivity index (χ0n) is 9.02. The second-order valence-corrected chi connectivity index (χ2v) is 4.51. The summed E-state index contributed by atoms with van der Waals surface area (Å²) in [6.45, 7) is 3.60. The van der Waals surface area contributed by atoms with Gasteiger partial charge in [-0.3, -0.25) is 14.6 Å². The first-order chi connectivity index (χ1) is 8.00. The highest BCUT2D eigenvalue weighted by Gasteiger charge is 2.19. The summed E-state index contributed by atoms with van der Waals surface area (Å²) in [5.41, 5.74) is 5.55. The monoisotopic (exact) mass is 297 g/mol. The lowest BCUT2D eigenvalue weighted by molar-refractivity contribution is -0.119. The quantitative estimate of drug-likeness (QED) is 0.849. The molecule has 0 bridgehead atoms. The van der Waals surface area contributed by atoms with E-state index >= 15 is 0 Å². The summed E-state index contributed by atoms with van der Waals surface area (Å²) in [5.74, 6) is -1.00. The number of carbonyl (C=O) groups is 2. The molecular formula is C11H12BrN3O2. The predicted octanol–water partition coefficient (Wildman–Crippen LogP) is 0.964. The Morgan fingerprint density at radius 3 is 2.76 bits per heavy atom. The van der Waals surface area contributed by atoms with Gasteiger partial charge in [0, 0.05) is 18.8 Å². The molecule has 0 aliphatic rings. The van der Waals surface area contributed by atoms with Crippen LogP contribution in [-0.4, -0.2) is 22.8 Å². The van der Waals surface area contributed by atoms with Crippen molar-refractivity contribution in [1.29, 1.82) is 0 Å². The number of nitrogens with one attached hydrogen (secondary N) is 1. The van der Waals surface area contributed by atoms with E-state index in [1.807, 2.05) is 0 Å². The van der Waals surface area contributed by atoms with Crippen molar-refractivity contribution in [1.82, 2.24) is 10.3 Å². The Hall–Kier alpha value is -1.69. The van der Waals surface area contributed by atoms with Crippen molar-refractivity contribution >= 4 is 27.7 Å². The highest BCUT2D eigenvalue weighted by atomic mass is 79.9. The third-order valence-corrected chi connectivity index (χ3v) is 2.32. The molecule has 0 aliphatic carbocycles. The second-order valence-electron chi connectivity index (χ2n) is 3.39. The second kappa shape index (κ2) is 6.15. The van der Waals surface area contributed by atoms with Gasteiger partial charge in [0.1, 0.15) is 6.04 Å². The van der Waals surface area contributed by atoms with Gasteiger partial charge >= 0.3 is 0 Å². The Kier molecular flexibility index (Phi) is 4.84. The summed E-state index contributed by atoms with van der Waals surface area (Å²) in [6, 6.07) is 2.45. The van der Waals surface area contributed by atoms with Gasteiger partial charge in [0.15, 0.2) is 0 Å². The molecule has 1 aromatic heterocycles. The number of pyridine rings is 1. The number of carbonyl (C=O) groups excluding carboxylic acids is 2. The summed E-state index contributed by atoms with van der Waals surface area (Å²) < 4.78 is 0.591. The van der Waals surface area contributed by atoms with Gasteiger partial charge in [-0.1, -0.05) is 22.5 Å². The fraction of sp³-hybridized carbons (Fsp3) is 0.182. The van der Waals surface area contributed by atoms with Crippen molar-refractivity contribution in [2.24, 2.45) is 5.73 Å². The molecule has 0 saturated heterocycles. The first-order valence-corrected chi connectivity index (χ1v) is 5.63. The highest BCUT2D eigenvalue weighted by Crippen LogP contribution is 2.10. The van der Waals surface area contributed by atoms with Crippen molar-refractivity contribution in [2.45, 2.75) is 12.5 Å². The largest absolute Gasteiger partial charge is 0.368 e. The summed E-state index contributed by atoms with van der Waals surface area (Å²) in [7, 11) is 0. The summed E-state index contributed by atoms with van der Waals surface area (Å²) in [6.07, 6.45) is 3.22. The summed E-state index contributed by atoms with van der Waals surface area (Å²) in [5, 5.41) is 2.52. The van der Waals surface area contributed by atoms with Crippen LogP contribution in [0.3, 0.4) is 0 Å². The highest BCUT2D eigenvalue weighted by molar-refractivity contribution is 9.11. The SMILES string of the molecule is C=C(Br)C[C@H](NC(=O)c1cccnc1)C(N)=O. The minimum absolute atomic E-state index is 0.251. The fourth-order valence-corrected chi connectivity index (χ4v) is 1.51. The zero-order valence-corrected chi connectivity index (χ0v) is 10.6. The first kappa shape index (κ1) is 13.4. The van der Waals surface area contributed by atoms with E-state index in [-0.39, 0.29) is 6.42 Å². The Labute approximate surface area is 107 Å². The van der Waals surface area contributed by atoms with Crippen molar-refractivity contribution in [3.05, 3.63) is 41.2 Å². The van der Waals surface area contributed by atoms with Crippen molar-refractivity contribution in [3.63, 3.8) is 0 Å². The van der Waals surface area contributed by atoms with Crippen LogP contribution < -0.4 is 11.1 Å². The van der Waals surface area contributed by atoms with Crippen LogP contribution in [0.25, 0.3) is 0 Å². The van der Waals surface area contributed by atoms with Crippen LogP contribution in [0.2, 0.25) is 0 Å². The number of rotatable bonds is 5. The molecule has 5 nitrogen and oxygen atoms in total. The molecule has 90 valence electrons. The van der Waals surface area contributed by atoms with Gasteiger partial charge in [-0.2, -0.15) is 0 Å². The maximum absolute atomic E-state index is 11.7. The molecule has 1 heterocycles. The predicted molar refractivity (Wildman–Crippen MR) is 67.4 cm³/mol. The van der Waals surface area contributed by atoms with E-state index in [1.165, 1.54) is 6.20 Å². The normalized spacial score (nSPS) is 11.6. The molecule has 0 fully saturated rings. The van der Waals surface area contributed by atoms with E-state index in [0.29, 0.717) is 10.0 Å². The van der Waals surface area contributed by atoms with Crippen LogP contribution in [-0.2, 0) is 4.79 Å². The van der Waals surface area contributed by atoms with Gasteiger partial charge in [0.05, 0.1) is 5.56 Å². The number of hydrogen-bond donors (Lipinski definition) is 2. The van der Waals surface area contributed by atoms with Gasteiger partial charge < -0.3 is 11.1 Å². The third kappa shape index (κ3) is 4.36. The molecule has 3 N–H and O–H groups in total. The topological polar surface area (TPSA) is 85.1 Å². The van der Waals surface area contributed by atoms with E-state index < -0.39 is 17.9 Å². The number of nitrogens with zero attached hydrogens (tertiary/aromatic N) is 1. The van der Waals surface area contributed by atoms with Crippen LogP contribution in [0.15, 0.2) is 35.6 Å². The lowest BCUT2D eigenvalue weighted by Gasteiger charge is -2.14. The number of amides is 2. The molecule has 2 amide bonds. The van der Waals surface area contributed by atoms with Crippen molar-refractivity contribution < 1.29 is 9.59 Å². The molecule has 0 spiro atoms. The van der Waals surface area contributed by atoms with E-state index in [0.717, 1.165) is 0 Å². The molecule has 0 aliphatic heterocycles. The van der Waals surface area contributed by atoms with E-state index in [9.17, 15) is 9.59 Å². The van der Waals surface area contributed by atoms with E-state index in [4.69, 9.17) is 5.73 Å². The first-order valence-electron chi connectivity index (χ1n) is 4.84. The Morgan fingerprint density at radius 1 is 1.59 bits per heavy atom. The maximum atomic E-state index is 11.7. The molecule has 1 rings (SSSR count). The Balaban J connectivity index is 2.71. The average Bonchev–Trinajstić information content (AvgIpc) is 2.28. The fourth-order valence-electron chi connectivity index (χ4n) is 1.18. The maximum Gasteiger partial charge on any atom is 0.253 e. The lowest BCUT2D eigenvalue weighted by atomic mass is 10.1. The number of primary amides is 1. The molecule has 0 unspecified atom stereocenters. The minimum Gasteiger partial charge on any atom is -0.368 e. The van der Waals surface area contributed by atoms with Crippen LogP contribution in [0, 0.1) is 0 Å². The van der Waals surface area contributed by atoms with Gasteiger partial charge in [0.2, 0.25) is 5.91 Å². The number of hydrogen-bond acceptors (Lipinski definition) is 3. The van der Waals surface area contributed by atoms with Crippen LogP contribution in [0.4, 0.5) is 0 Å². The van der Waals surface area contributed by atoms with Crippen LogP contribution in [0.1, 0.15) is 16.8 Å². The minimum atomic E-state index is -0.783. The molecule has 0 saturated carbocycles. The molecule has 6 heteroatoms. The Bertz CT molecular complexity index is 434. The summed E-state index contributed by atoms with van der Waals surface area (Å²) >= 11 is 3.12. The van der Waals surface area contributed by atoms with E-state index in [2.05, 4.69) is 32.8 Å². The number of aromatic nitrogens is 1. The smallest absolute Gasteiger partial charge is 0.253 e. The zero-order chi connectivity index (χ0) is 12.8. The van der Waals surface area contributed by atoms with Crippen LogP contribution in [0.5, 0.6) is 0 Å². The average molecular weight is 298 g/mol. The molecule has 0 radical (unpaired) electrons. The Morgan fingerprint density at radius 2 is 2.29 bits per heavy atom. The standard InChI is InChI=1S/C11H12BrN3O2/c1-7(12)5-9(10(13)16)15-11(17)8-3-2-4-14-6-8/h2-4,6,9H,1,5H2,(H2,13,16)(H,15,17)/t9-/m0/s1. The van der Waals surface area contributed by atoms with Crippen molar-refractivity contribution in [2.75, 3.05) is 0 Å². The molecular weight excluding hydrogens is 286 g/mol. The van der Waals surface area contributed by atoms with Gasteiger partial charge in [-0.15, -0.1) is 0 Å². The van der Waals surface area contributed by atoms with Crippen LogP contribution >= 0.6 is 15.9 Å². The van der Waals surface area contributed by atoms with E-state index in [1.54, 1.807) is 18.3 Å². The van der Waals surface area contributed by atoms with Gasteiger partial charge in [0.25, 0.3) is 5.91 Å². The molecule has 17 heavy (non-hydrogen) atoms. The molecule has 1 atom stereocenters. The van der Waals surface area contributed by atoms with Gasteiger partial charge in [-0.05, 0) is 16.6 Å². The molecule has 0 aromatic carbocycles. The van der Waals surface area contributed by atoms with Crippen molar-refractivity contribution in [3.8, 4) is 0 Å². The number of halogens is 1. The van der Waals surface area contributed by atoms with Gasteiger partial charge in [-0.25, -0.2) is 0 Å². The summed E-state index contributed by atoms with van der Waals surface area (Å²) in [4.78, 5) is 26.7.